The number of benzene rings is 2. The average molecular weight is 475 g/mol. The summed E-state index contributed by atoms with van der Waals surface area (Å²) >= 11 is 1.11. The second-order valence-corrected chi connectivity index (χ2v) is 10.6. The Balaban J connectivity index is 1.59. The normalized spacial score (nSPS) is 14.2. The third kappa shape index (κ3) is 4.91. The second-order valence-electron chi connectivity index (χ2n) is 7.56. The smallest absolute Gasteiger partial charge is 0.340 e. The molecule has 0 aliphatic carbocycles. The van der Waals surface area contributed by atoms with Crippen LogP contribution < -0.4 is 4.72 Å². The molecule has 0 spiro atoms. The van der Waals surface area contributed by atoms with E-state index in [2.05, 4.69) is 9.62 Å². The Morgan fingerprint density at radius 1 is 1.12 bits per heavy atom. The first-order chi connectivity index (χ1) is 15.4. The van der Waals surface area contributed by atoms with Crippen molar-refractivity contribution in [2.24, 2.45) is 0 Å². The van der Waals surface area contributed by atoms with E-state index in [1.165, 1.54) is 19.2 Å². The molecule has 0 bridgehead atoms. The quantitative estimate of drug-likeness (QED) is 0.529. The summed E-state index contributed by atoms with van der Waals surface area (Å²) in [5.41, 5.74) is 2.66. The summed E-state index contributed by atoms with van der Waals surface area (Å²) in [6.07, 6.45) is 0.533. The van der Waals surface area contributed by atoms with E-state index in [0.29, 0.717) is 26.1 Å². The van der Waals surface area contributed by atoms with Crippen LogP contribution in [0.1, 0.15) is 31.9 Å². The highest BCUT2D eigenvalue weighted by Gasteiger charge is 2.34. The summed E-state index contributed by atoms with van der Waals surface area (Å²) in [6.45, 7) is 1.90. The van der Waals surface area contributed by atoms with Crippen molar-refractivity contribution in [3.63, 3.8) is 0 Å². The van der Waals surface area contributed by atoms with Gasteiger partial charge in [0.15, 0.2) is 0 Å². The average Bonchev–Trinajstić information content (AvgIpc) is 3.19. The number of methoxy groups -OCH3 is 1. The Hall–Kier alpha value is -2.59. The largest absolute Gasteiger partial charge is 0.465 e. The molecule has 4 rings (SSSR count). The van der Waals surface area contributed by atoms with Crippen LogP contribution in [0.2, 0.25) is 0 Å². The molecule has 0 atom stereocenters. The van der Waals surface area contributed by atoms with Crippen molar-refractivity contribution in [1.82, 2.24) is 9.62 Å². The molecule has 1 aliphatic heterocycles. The number of esters is 1. The summed E-state index contributed by atoms with van der Waals surface area (Å²) in [4.78, 5) is 15.5. The number of hydrogen-bond acceptors (Lipinski definition) is 6. The van der Waals surface area contributed by atoms with Crippen molar-refractivity contribution in [2.75, 3.05) is 13.7 Å². The van der Waals surface area contributed by atoms with Crippen molar-refractivity contribution in [1.29, 1.82) is 0 Å². The van der Waals surface area contributed by atoms with Crippen LogP contribution in [0.15, 0.2) is 58.8 Å². The summed E-state index contributed by atoms with van der Waals surface area (Å²) in [7, 11) is -2.66. The van der Waals surface area contributed by atoms with Gasteiger partial charge in [-0.05, 0) is 35.2 Å². The maximum absolute atomic E-state index is 13.2. The number of carbonyl (C=O) groups excluding carboxylic acids is 1. The van der Waals surface area contributed by atoms with E-state index < -0.39 is 16.0 Å². The van der Waals surface area contributed by atoms with Gasteiger partial charge in [-0.3, -0.25) is 4.90 Å². The molecule has 2 aromatic carbocycles. The molecule has 2 heterocycles. The third-order valence-corrected chi connectivity index (χ3v) is 8.50. The molecule has 0 saturated carbocycles. The van der Waals surface area contributed by atoms with Gasteiger partial charge in [0.25, 0.3) is 10.0 Å². The predicted octanol–water partition coefficient (Wildman–Crippen LogP) is 3.71. The number of ether oxygens (including phenoxy) is 1. The number of nitrogens with one attached hydrogen (secondary N) is 1. The van der Waals surface area contributed by atoms with Gasteiger partial charge in [-0.2, -0.15) is 0 Å². The number of nitrogens with zero attached hydrogens (tertiary/aromatic N) is 1. The number of hydrogen-bond donors (Lipinski definition) is 1. The maximum Gasteiger partial charge on any atom is 0.340 e. The Morgan fingerprint density at radius 3 is 2.53 bits per heavy atom. The highest BCUT2D eigenvalue weighted by Crippen LogP contribution is 2.37. The second kappa shape index (κ2) is 9.50. The van der Waals surface area contributed by atoms with Crippen LogP contribution in [0.5, 0.6) is 0 Å². The lowest BCUT2D eigenvalue weighted by Gasteiger charge is -2.27. The minimum Gasteiger partial charge on any atom is -0.465 e. The van der Waals surface area contributed by atoms with Crippen LogP contribution in [-0.2, 0) is 40.8 Å². The number of fused-ring (bicyclic) bond motifs is 1. The molecular weight excluding hydrogens is 451 g/mol. The molecule has 1 aromatic heterocycles. The first kappa shape index (κ1) is 22.6. The molecule has 0 unspecified atom stereocenters. The fraction of sp³-hybridized carbons (Fsp3) is 0.261. The highest BCUT2D eigenvalue weighted by molar-refractivity contribution is 7.91. The van der Waals surface area contributed by atoms with Crippen LogP contribution in [-0.4, -0.2) is 32.9 Å². The number of rotatable bonds is 7. The van der Waals surface area contributed by atoms with Crippen LogP contribution >= 0.6 is 11.3 Å². The fourth-order valence-corrected chi connectivity index (χ4v) is 6.74. The van der Waals surface area contributed by atoms with Gasteiger partial charge in [-0.1, -0.05) is 42.5 Å². The Bertz CT molecular complexity index is 1210. The van der Waals surface area contributed by atoms with Crippen molar-refractivity contribution >= 4 is 27.3 Å². The number of sulfonamides is 1. The van der Waals surface area contributed by atoms with E-state index in [9.17, 15) is 17.6 Å². The molecular formula is C23H23FN2O4S2. The SMILES string of the molecule is COC(=O)c1c(S(=O)(=O)NCc2ccccc2)sc2c1CCN(Cc1ccc(F)cc1)C2. The zero-order valence-corrected chi connectivity index (χ0v) is 19.1. The number of carbonyl (C=O) groups is 1. The predicted molar refractivity (Wildman–Crippen MR) is 120 cm³/mol. The lowest BCUT2D eigenvalue weighted by Crippen LogP contribution is -2.30. The van der Waals surface area contributed by atoms with Crippen molar-refractivity contribution in [2.45, 2.75) is 30.3 Å². The molecule has 32 heavy (non-hydrogen) atoms. The zero-order chi connectivity index (χ0) is 22.7. The van der Waals surface area contributed by atoms with Crippen LogP contribution in [0, 0.1) is 5.82 Å². The molecule has 1 aliphatic rings. The van der Waals surface area contributed by atoms with E-state index in [-0.39, 0.29) is 22.1 Å². The van der Waals surface area contributed by atoms with E-state index in [1.54, 1.807) is 12.1 Å². The van der Waals surface area contributed by atoms with Crippen LogP contribution in [0.4, 0.5) is 4.39 Å². The first-order valence-electron chi connectivity index (χ1n) is 10.1. The zero-order valence-electron chi connectivity index (χ0n) is 17.5. The van der Waals surface area contributed by atoms with E-state index in [0.717, 1.165) is 32.9 Å². The molecule has 9 heteroatoms. The van der Waals surface area contributed by atoms with Crippen molar-refractivity contribution in [3.8, 4) is 0 Å². The monoisotopic (exact) mass is 474 g/mol. The Morgan fingerprint density at radius 2 is 1.84 bits per heavy atom. The Kier molecular flexibility index (Phi) is 6.71. The van der Waals surface area contributed by atoms with Gasteiger partial charge >= 0.3 is 5.97 Å². The van der Waals surface area contributed by atoms with E-state index in [1.807, 2.05) is 30.3 Å². The fourth-order valence-electron chi connectivity index (χ4n) is 3.75. The molecule has 0 saturated heterocycles. The molecule has 0 radical (unpaired) electrons. The molecule has 3 aromatic rings. The van der Waals surface area contributed by atoms with Crippen LogP contribution in [0.25, 0.3) is 0 Å². The number of halogens is 1. The number of thiophene rings is 1. The van der Waals surface area contributed by atoms with Crippen LogP contribution in [0.3, 0.4) is 0 Å². The summed E-state index contributed by atoms with van der Waals surface area (Å²) < 4.78 is 46.9. The van der Waals surface area contributed by atoms with Gasteiger partial charge in [0, 0.05) is 31.1 Å². The molecule has 6 nitrogen and oxygen atoms in total. The molecule has 168 valence electrons. The molecule has 0 fully saturated rings. The summed E-state index contributed by atoms with van der Waals surface area (Å²) in [5, 5.41) is 0. The van der Waals surface area contributed by atoms with Gasteiger partial charge < -0.3 is 4.74 Å². The highest BCUT2D eigenvalue weighted by atomic mass is 32.2. The van der Waals surface area contributed by atoms with E-state index in [4.69, 9.17) is 4.74 Å². The van der Waals surface area contributed by atoms with Crippen molar-refractivity contribution in [3.05, 3.63) is 87.5 Å². The third-order valence-electron chi connectivity index (χ3n) is 5.37. The van der Waals surface area contributed by atoms with Crippen molar-refractivity contribution < 1.29 is 22.3 Å². The minimum absolute atomic E-state index is 0.00564. The topological polar surface area (TPSA) is 75.7 Å². The van der Waals surface area contributed by atoms with Gasteiger partial charge in [0.1, 0.15) is 10.0 Å². The van der Waals surface area contributed by atoms with Gasteiger partial charge in [-0.15, -0.1) is 11.3 Å². The summed E-state index contributed by atoms with van der Waals surface area (Å²) in [6, 6.07) is 15.5. The minimum atomic E-state index is -3.91. The standard InChI is InChI=1S/C23H23FN2O4S2/c1-30-22(27)21-19-11-12-26(14-17-7-9-18(24)10-8-17)15-20(19)31-23(21)32(28,29)25-13-16-5-3-2-4-6-16/h2-10,25H,11-15H2,1H3. The van der Waals surface area contributed by atoms with Gasteiger partial charge in [0.05, 0.1) is 12.7 Å². The lowest BCUT2D eigenvalue weighted by molar-refractivity contribution is 0.0595. The lowest BCUT2D eigenvalue weighted by atomic mass is 10.0. The van der Waals surface area contributed by atoms with Gasteiger partial charge in [0.2, 0.25) is 0 Å². The van der Waals surface area contributed by atoms with E-state index >= 15 is 0 Å². The maximum atomic E-state index is 13.2. The summed E-state index contributed by atoms with van der Waals surface area (Å²) in [5.74, 6) is -0.928. The first-order valence-corrected chi connectivity index (χ1v) is 12.4. The Labute approximate surface area is 190 Å². The molecule has 1 N–H and O–H groups in total. The van der Waals surface area contributed by atoms with Gasteiger partial charge in [-0.25, -0.2) is 22.3 Å². The molecule has 0 amide bonds.